The van der Waals surface area contributed by atoms with Crippen LogP contribution >= 0.6 is 12.6 Å². The Morgan fingerprint density at radius 1 is 1.50 bits per heavy atom. The van der Waals surface area contributed by atoms with Crippen molar-refractivity contribution < 1.29 is 0 Å². The quantitative estimate of drug-likeness (QED) is 0.822. The zero-order valence-electron chi connectivity index (χ0n) is 10.4. The van der Waals surface area contributed by atoms with E-state index in [1.807, 2.05) is 13.1 Å². The molecule has 16 heavy (non-hydrogen) atoms. The maximum absolute atomic E-state index is 11.6. The molecule has 0 aliphatic carbocycles. The molecule has 3 nitrogen and oxygen atoms in total. The van der Waals surface area contributed by atoms with E-state index in [0.717, 1.165) is 11.3 Å². The molecule has 1 atom stereocenters. The second-order valence-electron chi connectivity index (χ2n) is 5.31. The van der Waals surface area contributed by atoms with Crippen molar-refractivity contribution in [2.75, 3.05) is 5.75 Å². The van der Waals surface area contributed by atoms with E-state index in [-0.39, 0.29) is 11.1 Å². The number of thiol groups is 1. The molecule has 0 saturated heterocycles. The predicted molar refractivity (Wildman–Crippen MR) is 70.0 cm³/mol. The Kier molecular flexibility index (Phi) is 4.19. The molecule has 0 spiro atoms. The molecule has 1 aromatic heterocycles. The number of hydrogen-bond acceptors (Lipinski definition) is 3. The lowest BCUT2D eigenvalue weighted by atomic mass is 9.82. The van der Waals surface area contributed by atoms with Gasteiger partial charge in [0.15, 0.2) is 0 Å². The number of hydrogen-bond donors (Lipinski definition) is 1. The van der Waals surface area contributed by atoms with Gasteiger partial charge in [0, 0.05) is 18.9 Å². The maximum Gasteiger partial charge on any atom is 0.347 e. The molecule has 90 valence electrons. The van der Waals surface area contributed by atoms with Crippen molar-refractivity contribution in [3.63, 3.8) is 0 Å². The van der Waals surface area contributed by atoms with Gasteiger partial charge < -0.3 is 0 Å². The van der Waals surface area contributed by atoms with E-state index < -0.39 is 0 Å². The fourth-order valence-corrected chi connectivity index (χ4v) is 2.20. The third kappa shape index (κ3) is 3.37. The lowest BCUT2D eigenvalue weighted by molar-refractivity contribution is 0.235. The molecule has 0 radical (unpaired) electrons. The Balaban J connectivity index is 2.95. The number of aromatic nitrogens is 2. The first-order chi connectivity index (χ1) is 7.34. The van der Waals surface area contributed by atoms with E-state index in [0.29, 0.717) is 12.5 Å². The predicted octanol–water partition coefficient (Wildman–Crippen LogP) is 2.14. The van der Waals surface area contributed by atoms with Crippen LogP contribution in [0.5, 0.6) is 0 Å². The van der Waals surface area contributed by atoms with Crippen LogP contribution in [0.4, 0.5) is 0 Å². The molecular weight excluding hydrogens is 220 g/mol. The highest BCUT2D eigenvalue weighted by Gasteiger charge is 2.23. The van der Waals surface area contributed by atoms with Crippen molar-refractivity contribution in [1.82, 2.24) is 9.55 Å². The van der Waals surface area contributed by atoms with Crippen LogP contribution < -0.4 is 5.69 Å². The summed E-state index contributed by atoms with van der Waals surface area (Å²) in [7, 11) is 0. The Bertz CT molecular complexity index is 406. The summed E-state index contributed by atoms with van der Waals surface area (Å²) in [6.07, 6.45) is 3.46. The second-order valence-corrected chi connectivity index (χ2v) is 5.68. The summed E-state index contributed by atoms with van der Waals surface area (Å²) < 4.78 is 1.68. The van der Waals surface area contributed by atoms with Crippen LogP contribution in [-0.2, 0) is 6.54 Å². The molecule has 1 heterocycles. The van der Waals surface area contributed by atoms with E-state index >= 15 is 0 Å². The monoisotopic (exact) mass is 240 g/mol. The van der Waals surface area contributed by atoms with Gasteiger partial charge in [-0.05, 0) is 29.6 Å². The fourth-order valence-electron chi connectivity index (χ4n) is 1.54. The van der Waals surface area contributed by atoms with Crippen LogP contribution in [0.2, 0.25) is 0 Å². The van der Waals surface area contributed by atoms with Gasteiger partial charge in [0.2, 0.25) is 0 Å². The first-order valence-corrected chi connectivity index (χ1v) is 6.12. The molecule has 0 amide bonds. The van der Waals surface area contributed by atoms with Crippen LogP contribution in [0.3, 0.4) is 0 Å². The summed E-state index contributed by atoms with van der Waals surface area (Å²) in [6.45, 7) is 9.13. The van der Waals surface area contributed by atoms with Crippen LogP contribution in [-0.4, -0.2) is 15.3 Å². The Morgan fingerprint density at radius 2 is 2.12 bits per heavy atom. The Hall–Kier alpha value is -0.770. The van der Waals surface area contributed by atoms with Gasteiger partial charge in [0.1, 0.15) is 0 Å². The minimum absolute atomic E-state index is 0.144. The van der Waals surface area contributed by atoms with E-state index in [1.165, 1.54) is 0 Å². The second kappa shape index (κ2) is 5.04. The van der Waals surface area contributed by atoms with Crippen LogP contribution in [0, 0.1) is 18.3 Å². The molecule has 0 saturated carbocycles. The summed E-state index contributed by atoms with van der Waals surface area (Å²) in [5.74, 6) is 1.13. The molecule has 0 aliphatic heterocycles. The van der Waals surface area contributed by atoms with Gasteiger partial charge in [-0.1, -0.05) is 20.8 Å². The summed E-state index contributed by atoms with van der Waals surface area (Å²) >= 11 is 4.36. The SMILES string of the molecule is Cc1cnc(=O)n(CC(CS)C(C)(C)C)c1. The topological polar surface area (TPSA) is 34.9 Å². The fraction of sp³-hybridized carbons (Fsp3) is 0.667. The average Bonchev–Trinajstić information content (AvgIpc) is 2.17. The normalized spacial score (nSPS) is 13.8. The lowest BCUT2D eigenvalue weighted by Crippen LogP contribution is -2.32. The van der Waals surface area contributed by atoms with E-state index in [2.05, 4.69) is 38.4 Å². The third-order valence-electron chi connectivity index (χ3n) is 2.85. The molecule has 0 fully saturated rings. The molecule has 0 bridgehead atoms. The lowest BCUT2D eigenvalue weighted by Gasteiger charge is -2.29. The van der Waals surface area contributed by atoms with Crippen molar-refractivity contribution in [3.05, 3.63) is 28.4 Å². The number of rotatable bonds is 3. The van der Waals surface area contributed by atoms with E-state index in [4.69, 9.17) is 0 Å². The van der Waals surface area contributed by atoms with Crippen molar-refractivity contribution in [3.8, 4) is 0 Å². The van der Waals surface area contributed by atoms with Gasteiger partial charge in [0.25, 0.3) is 0 Å². The summed E-state index contributed by atoms with van der Waals surface area (Å²) in [5, 5.41) is 0. The minimum Gasteiger partial charge on any atom is -0.299 e. The van der Waals surface area contributed by atoms with Crippen molar-refractivity contribution >= 4 is 12.6 Å². The van der Waals surface area contributed by atoms with Gasteiger partial charge in [-0.15, -0.1) is 0 Å². The third-order valence-corrected chi connectivity index (χ3v) is 3.29. The van der Waals surface area contributed by atoms with Crippen LogP contribution in [0.1, 0.15) is 26.3 Å². The summed E-state index contributed by atoms with van der Waals surface area (Å²) in [4.78, 5) is 15.4. The van der Waals surface area contributed by atoms with Gasteiger partial charge in [-0.2, -0.15) is 12.6 Å². The van der Waals surface area contributed by atoms with Gasteiger partial charge in [-0.3, -0.25) is 4.57 Å². The van der Waals surface area contributed by atoms with Crippen molar-refractivity contribution in [2.24, 2.45) is 11.3 Å². The highest BCUT2D eigenvalue weighted by Crippen LogP contribution is 2.27. The van der Waals surface area contributed by atoms with Gasteiger partial charge in [0.05, 0.1) is 0 Å². The molecule has 1 aromatic rings. The molecule has 0 aliphatic rings. The first-order valence-electron chi connectivity index (χ1n) is 5.48. The molecule has 1 rings (SSSR count). The number of aryl methyl sites for hydroxylation is 1. The summed E-state index contributed by atoms with van der Waals surface area (Å²) in [5.41, 5.74) is 0.971. The van der Waals surface area contributed by atoms with Crippen molar-refractivity contribution in [2.45, 2.75) is 34.2 Å². The summed E-state index contributed by atoms with van der Waals surface area (Å²) in [6, 6.07) is 0. The zero-order chi connectivity index (χ0) is 12.3. The largest absolute Gasteiger partial charge is 0.347 e. The average molecular weight is 240 g/mol. The highest BCUT2D eigenvalue weighted by atomic mass is 32.1. The minimum atomic E-state index is -0.179. The van der Waals surface area contributed by atoms with Gasteiger partial charge in [-0.25, -0.2) is 9.78 Å². The highest BCUT2D eigenvalue weighted by molar-refractivity contribution is 7.80. The standard InChI is InChI=1S/C12H20N2OS/c1-9-5-13-11(15)14(6-9)7-10(8-16)12(2,3)4/h5-6,10,16H,7-8H2,1-4H3. The molecule has 0 aromatic carbocycles. The van der Waals surface area contributed by atoms with Gasteiger partial charge >= 0.3 is 5.69 Å². The Labute approximate surface area is 102 Å². The zero-order valence-corrected chi connectivity index (χ0v) is 11.3. The number of nitrogens with zero attached hydrogens (tertiary/aromatic N) is 2. The molecule has 1 unspecified atom stereocenters. The smallest absolute Gasteiger partial charge is 0.299 e. The van der Waals surface area contributed by atoms with E-state index in [1.54, 1.807) is 10.8 Å². The first kappa shape index (κ1) is 13.3. The van der Waals surface area contributed by atoms with E-state index in [9.17, 15) is 4.79 Å². The molecular formula is C12H20N2OS. The maximum atomic E-state index is 11.6. The molecule has 4 heteroatoms. The Morgan fingerprint density at radius 3 is 2.62 bits per heavy atom. The molecule has 0 N–H and O–H groups in total. The van der Waals surface area contributed by atoms with Crippen molar-refractivity contribution in [1.29, 1.82) is 0 Å². The van der Waals surface area contributed by atoms with Crippen LogP contribution in [0.15, 0.2) is 17.2 Å². The van der Waals surface area contributed by atoms with Crippen LogP contribution in [0.25, 0.3) is 0 Å².